The summed E-state index contributed by atoms with van der Waals surface area (Å²) in [6.45, 7) is 3.82. The molecule has 4 rings (SSSR count). The first-order valence-corrected chi connectivity index (χ1v) is 11.3. The van der Waals surface area contributed by atoms with Crippen LogP contribution in [0.3, 0.4) is 0 Å². The maximum atomic E-state index is 13.0. The first kappa shape index (κ1) is 23.0. The fourth-order valence-electron chi connectivity index (χ4n) is 3.69. The first-order valence-electron chi connectivity index (χ1n) is 11.3. The summed E-state index contributed by atoms with van der Waals surface area (Å²) >= 11 is 0. The van der Waals surface area contributed by atoms with Crippen LogP contribution in [0.15, 0.2) is 91.0 Å². The molecule has 34 heavy (non-hydrogen) atoms. The van der Waals surface area contributed by atoms with Crippen LogP contribution >= 0.6 is 0 Å². The second-order valence-corrected chi connectivity index (χ2v) is 8.05. The maximum absolute atomic E-state index is 13.0. The Morgan fingerprint density at radius 1 is 0.941 bits per heavy atom. The zero-order valence-electron chi connectivity index (χ0n) is 19.3. The molecule has 0 saturated carbocycles. The monoisotopic (exact) mass is 453 g/mol. The minimum absolute atomic E-state index is 0.248. The number of aromatic nitrogens is 2. The Hall–Kier alpha value is -4.19. The van der Waals surface area contributed by atoms with E-state index in [0.717, 1.165) is 28.9 Å². The largest absolute Gasteiger partial charge is 0.451 e. The van der Waals surface area contributed by atoms with Crippen LogP contribution in [0.5, 0.6) is 0 Å². The molecule has 0 aliphatic heterocycles. The molecule has 1 heterocycles. The summed E-state index contributed by atoms with van der Waals surface area (Å²) in [5.74, 6) is -0.710. The third kappa shape index (κ3) is 5.23. The van der Waals surface area contributed by atoms with Gasteiger partial charge in [-0.1, -0.05) is 80.6 Å². The number of nitrogens with zero attached hydrogens (tertiary/aromatic N) is 2. The molecule has 6 nitrogen and oxygen atoms in total. The number of hydrogen-bond acceptors (Lipinski definition) is 4. The number of anilines is 1. The Balaban J connectivity index is 1.52. The van der Waals surface area contributed by atoms with Crippen molar-refractivity contribution in [1.29, 1.82) is 0 Å². The quantitative estimate of drug-likeness (QED) is 0.340. The molecule has 3 aromatic carbocycles. The van der Waals surface area contributed by atoms with Gasteiger partial charge in [0.05, 0.1) is 11.4 Å². The number of hydrogen-bond donors (Lipinski definition) is 1. The standard InChI is InChI=1S/C28H27N3O3/c1-3-20(2)23-16-10-11-17-24(23)29-27(32)19-34-28(33)26-18-25(21-12-6-4-7-13-21)30-31(26)22-14-8-5-9-15-22/h4-18,20H,3,19H2,1-2H3,(H,29,32). The van der Waals surface area contributed by atoms with Crippen LogP contribution in [-0.2, 0) is 9.53 Å². The fourth-order valence-corrected chi connectivity index (χ4v) is 3.69. The van der Waals surface area contributed by atoms with Gasteiger partial charge >= 0.3 is 5.97 Å². The molecule has 1 aromatic heterocycles. The Bertz CT molecular complexity index is 1270. The van der Waals surface area contributed by atoms with Crippen molar-refractivity contribution < 1.29 is 14.3 Å². The maximum Gasteiger partial charge on any atom is 0.357 e. The zero-order valence-corrected chi connectivity index (χ0v) is 19.3. The van der Waals surface area contributed by atoms with E-state index < -0.39 is 18.5 Å². The molecule has 0 aliphatic rings. The summed E-state index contributed by atoms with van der Waals surface area (Å²) in [7, 11) is 0. The van der Waals surface area contributed by atoms with Gasteiger partial charge in [-0.3, -0.25) is 4.79 Å². The van der Waals surface area contributed by atoms with Crippen LogP contribution in [0.1, 0.15) is 42.2 Å². The third-order valence-corrected chi connectivity index (χ3v) is 5.70. The van der Waals surface area contributed by atoms with E-state index in [1.54, 1.807) is 10.7 Å². The van der Waals surface area contributed by atoms with Gasteiger partial charge in [0.2, 0.25) is 0 Å². The van der Waals surface area contributed by atoms with Crippen molar-refractivity contribution in [1.82, 2.24) is 9.78 Å². The SMILES string of the molecule is CCC(C)c1ccccc1NC(=O)COC(=O)c1cc(-c2ccccc2)nn1-c1ccccc1. The Morgan fingerprint density at radius 2 is 1.59 bits per heavy atom. The molecule has 0 bridgehead atoms. The lowest BCUT2D eigenvalue weighted by Gasteiger charge is -2.15. The van der Waals surface area contributed by atoms with Crippen molar-refractivity contribution in [2.45, 2.75) is 26.2 Å². The van der Waals surface area contributed by atoms with Gasteiger partial charge in [-0.2, -0.15) is 5.10 Å². The highest BCUT2D eigenvalue weighted by atomic mass is 16.5. The van der Waals surface area contributed by atoms with Gasteiger partial charge in [0, 0.05) is 11.3 Å². The van der Waals surface area contributed by atoms with Crippen LogP contribution in [0.2, 0.25) is 0 Å². The molecule has 6 heteroatoms. The van der Waals surface area contributed by atoms with E-state index >= 15 is 0 Å². The summed E-state index contributed by atoms with van der Waals surface area (Å²) in [6.07, 6.45) is 0.953. The summed E-state index contributed by atoms with van der Waals surface area (Å²) in [6, 6.07) is 28.3. The van der Waals surface area contributed by atoms with E-state index in [-0.39, 0.29) is 5.69 Å². The van der Waals surface area contributed by atoms with E-state index in [1.165, 1.54) is 0 Å². The lowest BCUT2D eigenvalue weighted by atomic mass is 9.97. The number of amides is 1. The minimum atomic E-state index is -0.621. The van der Waals surface area contributed by atoms with Crippen molar-refractivity contribution in [3.8, 4) is 16.9 Å². The molecule has 0 spiro atoms. The molecule has 4 aromatic rings. The molecule has 0 saturated heterocycles. The normalized spacial score (nSPS) is 11.6. The number of carbonyl (C=O) groups is 2. The van der Waals surface area contributed by atoms with Gasteiger partial charge in [0.1, 0.15) is 0 Å². The average molecular weight is 454 g/mol. The van der Waals surface area contributed by atoms with Crippen LogP contribution in [0, 0.1) is 0 Å². The highest BCUT2D eigenvalue weighted by molar-refractivity contribution is 5.96. The molecule has 0 fully saturated rings. The van der Waals surface area contributed by atoms with Gasteiger partial charge in [-0.05, 0) is 42.2 Å². The molecule has 1 amide bonds. The number of para-hydroxylation sites is 2. The first-order chi connectivity index (χ1) is 16.6. The number of benzene rings is 3. The Morgan fingerprint density at radius 3 is 2.29 bits per heavy atom. The van der Waals surface area contributed by atoms with Gasteiger partial charge in [0.15, 0.2) is 12.3 Å². The molecule has 1 atom stereocenters. The predicted molar refractivity (Wildman–Crippen MR) is 133 cm³/mol. The van der Waals surface area contributed by atoms with E-state index in [4.69, 9.17) is 4.74 Å². The topological polar surface area (TPSA) is 73.2 Å². The predicted octanol–water partition coefficient (Wildman–Crippen LogP) is 5.85. The van der Waals surface area contributed by atoms with E-state index in [0.29, 0.717) is 11.6 Å². The van der Waals surface area contributed by atoms with Crippen LogP contribution in [0.4, 0.5) is 5.69 Å². The summed E-state index contributed by atoms with van der Waals surface area (Å²) in [4.78, 5) is 25.6. The number of nitrogens with one attached hydrogen (secondary N) is 1. The van der Waals surface area contributed by atoms with E-state index in [2.05, 4.69) is 24.3 Å². The highest BCUT2D eigenvalue weighted by Crippen LogP contribution is 2.26. The number of carbonyl (C=O) groups excluding carboxylic acids is 2. The molecular formula is C28H27N3O3. The molecule has 172 valence electrons. The highest BCUT2D eigenvalue weighted by Gasteiger charge is 2.20. The number of rotatable bonds is 8. The van der Waals surface area contributed by atoms with Gasteiger partial charge in [-0.15, -0.1) is 0 Å². The number of ether oxygens (including phenoxy) is 1. The van der Waals surface area contributed by atoms with Crippen molar-refractivity contribution in [3.05, 3.63) is 102 Å². The lowest BCUT2D eigenvalue weighted by Crippen LogP contribution is -2.22. The molecule has 1 N–H and O–H groups in total. The summed E-state index contributed by atoms with van der Waals surface area (Å²) in [5, 5.41) is 7.49. The van der Waals surface area contributed by atoms with Crippen LogP contribution in [0.25, 0.3) is 16.9 Å². The van der Waals surface area contributed by atoms with Gasteiger partial charge in [0.25, 0.3) is 5.91 Å². The fraction of sp³-hybridized carbons (Fsp3) is 0.179. The third-order valence-electron chi connectivity index (χ3n) is 5.70. The molecular weight excluding hydrogens is 426 g/mol. The number of esters is 1. The average Bonchev–Trinajstić information content (AvgIpc) is 3.34. The van der Waals surface area contributed by atoms with Gasteiger partial charge < -0.3 is 10.1 Å². The smallest absolute Gasteiger partial charge is 0.357 e. The minimum Gasteiger partial charge on any atom is -0.451 e. The van der Waals surface area contributed by atoms with Crippen molar-refractivity contribution in [2.24, 2.45) is 0 Å². The zero-order chi connectivity index (χ0) is 23.9. The van der Waals surface area contributed by atoms with E-state index in [1.807, 2.05) is 84.9 Å². The second-order valence-electron chi connectivity index (χ2n) is 8.05. The summed E-state index contributed by atoms with van der Waals surface area (Å²) < 4.78 is 6.93. The second kappa shape index (κ2) is 10.6. The van der Waals surface area contributed by atoms with Crippen molar-refractivity contribution >= 4 is 17.6 Å². The Labute approximate surface area is 199 Å². The Kier molecular flexibility index (Phi) is 7.18. The van der Waals surface area contributed by atoms with Crippen molar-refractivity contribution in [3.63, 3.8) is 0 Å². The van der Waals surface area contributed by atoms with E-state index in [9.17, 15) is 9.59 Å². The molecule has 1 unspecified atom stereocenters. The van der Waals surface area contributed by atoms with Gasteiger partial charge in [-0.25, -0.2) is 9.48 Å². The van der Waals surface area contributed by atoms with Crippen LogP contribution in [-0.4, -0.2) is 28.3 Å². The molecule has 0 aliphatic carbocycles. The lowest BCUT2D eigenvalue weighted by molar-refractivity contribution is -0.119. The molecule has 0 radical (unpaired) electrons. The van der Waals surface area contributed by atoms with Crippen molar-refractivity contribution in [2.75, 3.05) is 11.9 Å². The summed E-state index contributed by atoms with van der Waals surface area (Å²) in [5.41, 5.74) is 4.29. The van der Waals surface area contributed by atoms with Crippen LogP contribution < -0.4 is 5.32 Å².